The third-order valence-corrected chi connectivity index (χ3v) is 7.88. The molecule has 0 saturated carbocycles. The lowest BCUT2D eigenvalue weighted by molar-refractivity contribution is -0.135. The number of anilines is 1. The zero-order valence-corrected chi connectivity index (χ0v) is 18.9. The molecule has 3 N–H and O–H groups in total. The standard InChI is InChI=1S/C21H34N6O2S/c1-3-27(21(29)23-6-9-26-7-4-5-8-26)19(28)15-10-14-11-16-18(30-20(22)24-16)12-17(14)25(2)13-15/h14-15,17H,3-13H2,1-2H3,(H2,22,24)(H,23,29)/t14-,15-,17-/m1/s1. The molecular formula is C21H34N6O2S. The van der Waals surface area contributed by atoms with Gasteiger partial charge in [0.25, 0.3) is 0 Å². The highest BCUT2D eigenvalue weighted by molar-refractivity contribution is 7.15. The van der Waals surface area contributed by atoms with E-state index in [2.05, 4.69) is 27.1 Å². The van der Waals surface area contributed by atoms with Crippen LogP contribution in [0, 0.1) is 11.8 Å². The number of imide groups is 1. The molecule has 0 spiro atoms. The van der Waals surface area contributed by atoms with Crippen molar-refractivity contribution in [2.24, 2.45) is 11.8 Å². The smallest absolute Gasteiger partial charge is 0.324 e. The predicted octanol–water partition coefficient (Wildman–Crippen LogP) is 1.41. The summed E-state index contributed by atoms with van der Waals surface area (Å²) in [5.41, 5.74) is 7.02. The zero-order chi connectivity index (χ0) is 21.3. The van der Waals surface area contributed by atoms with Crippen LogP contribution < -0.4 is 11.1 Å². The molecule has 3 amide bonds. The van der Waals surface area contributed by atoms with Crippen LogP contribution in [0.1, 0.15) is 36.8 Å². The van der Waals surface area contributed by atoms with Crippen LogP contribution in [0.4, 0.5) is 9.93 Å². The number of thiazole rings is 1. The maximum Gasteiger partial charge on any atom is 0.324 e. The van der Waals surface area contributed by atoms with E-state index in [0.29, 0.717) is 36.7 Å². The van der Waals surface area contributed by atoms with E-state index in [0.717, 1.165) is 44.6 Å². The van der Waals surface area contributed by atoms with Crippen LogP contribution in [0.2, 0.25) is 0 Å². The van der Waals surface area contributed by atoms with Gasteiger partial charge in [0, 0.05) is 37.1 Å². The number of likely N-dealkylation sites (tertiary alicyclic amines) is 2. The van der Waals surface area contributed by atoms with Crippen molar-refractivity contribution in [1.82, 2.24) is 25.0 Å². The molecule has 8 nitrogen and oxygen atoms in total. The van der Waals surface area contributed by atoms with Gasteiger partial charge in [-0.3, -0.25) is 9.69 Å². The van der Waals surface area contributed by atoms with Gasteiger partial charge in [0.2, 0.25) is 5.91 Å². The van der Waals surface area contributed by atoms with Crippen LogP contribution in [0.5, 0.6) is 0 Å². The normalized spacial score (nSPS) is 26.8. The molecule has 1 aromatic heterocycles. The Morgan fingerprint density at radius 2 is 2.07 bits per heavy atom. The molecule has 2 saturated heterocycles. The summed E-state index contributed by atoms with van der Waals surface area (Å²) in [6.07, 6.45) is 5.11. The predicted molar refractivity (Wildman–Crippen MR) is 118 cm³/mol. The second-order valence-corrected chi connectivity index (χ2v) is 10.0. The Morgan fingerprint density at radius 1 is 1.30 bits per heavy atom. The van der Waals surface area contributed by atoms with E-state index in [1.165, 1.54) is 22.6 Å². The van der Waals surface area contributed by atoms with Crippen molar-refractivity contribution < 1.29 is 9.59 Å². The third kappa shape index (κ3) is 4.48. The molecule has 166 valence electrons. The third-order valence-electron chi connectivity index (χ3n) is 6.93. The molecule has 4 rings (SSSR count). The van der Waals surface area contributed by atoms with Crippen LogP contribution in [0.15, 0.2) is 0 Å². The minimum absolute atomic E-state index is 0.0509. The minimum Gasteiger partial charge on any atom is -0.375 e. The number of amides is 3. The van der Waals surface area contributed by atoms with E-state index < -0.39 is 0 Å². The van der Waals surface area contributed by atoms with E-state index in [1.807, 2.05) is 6.92 Å². The second kappa shape index (κ2) is 9.20. The summed E-state index contributed by atoms with van der Waals surface area (Å²) in [6, 6.07) is 0.162. The number of carbonyl (C=O) groups is 2. The second-order valence-electron chi connectivity index (χ2n) is 8.89. The number of hydrogen-bond acceptors (Lipinski definition) is 7. The number of nitrogens with two attached hydrogens (primary N) is 1. The van der Waals surface area contributed by atoms with Crippen LogP contribution in [-0.2, 0) is 17.6 Å². The van der Waals surface area contributed by atoms with Gasteiger partial charge >= 0.3 is 6.03 Å². The summed E-state index contributed by atoms with van der Waals surface area (Å²) >= 11 is 1.59. The van der Waals surface area contributed by atoms with E-state index >= 15 is 0 Å². The fraction of sp³-hybridized carbons (Fsp3) is 0.762. The number of likely N-dealkylation sites (N-methyl/N-ethyl adjacent to an activating group) is 1. The van der Waals surface area contributed by atoms with Crippen LogP contribution >= 0.6 is 11.3 Å². The summed E-state index contributed by atoms with van der Waals surface area (Å²) in [6.45, 7) is 6.62. The number of urea groups is 1. The van der Waals surface area contributed by atoms with Gasteiger partial charge in [-0.15, -0.1) is 11.3 Å². The lowest BCUT2D eigenvalue weighted by Gasteiger charge is -2.45. The van der Waals surface area contributed by atoms with E-state index in [-0.39, 0.29) is 17.9 Å². The number of rotatable bonds is 5. The van der Waals surface area contributed by atoms with Gasteiger partial charge in [0.1, 0.15) is 0 Å². The minimum atomic E-state index is -0.260. The maximum absolute atomic E-state index is 13.3. The fourth-order valence-electron chi connectivity index (χ4n) is 5.36. The molecule has 3 heterocycles. The van der Waals surface area contributed by atoms with E-state index in [1.54, 1.807) is 11.3 Å². The molecule has 3 aliphatic rings. The number of nitrogens with one attached hydrogen (secondary N) is 1. The van der Waals surface area contributed by atoms with Crippen molar-refractivity contribution in [3.05, 3.63) is 10.6 Å². The monoisotopic (exact) mass is 434 g/mol. The highest BCUT2D eigenvalue weighted by Gasteiger charge is 2.42. The SMILES string of the molecule is CCN(C(=O)NCCN1CCCC1)C(=O)[C@@H]1C[C@@H]2Cc3nc(N)sc3C[C@H]2N(C)C1. The van der Waals surface area contributed by atoms with Crippen LogP contribution in [0.3, 0.4) is 0 Å². The number of carbonyl (C=O) groups excluding carboxylic acids is 2. The molecule has 2 fully saturated rings. The first-order valence-electron chi connectivity index (χ1n) is 11.2. The van der Waals surface area contributed by atoms with Crippen LogP contribution in [0.25, 0.3) is 0 Å². The molecule has 1 aromatic rings. The highest BCUT2D eigenvalue weighted by atomic mass is 32.1. The average Bonchev–Trinajstić information content (AvgIpc) is 3.35. The van der Waals surface area contributed by atoms with Gasteiger partial charge in [-0.2, -0.15) is 0 Å². The number of piperidine rings is 1. The Morgan fingerprint density at radius 3 is 2.80 bits per heavy atom. The van der Waals surface area contributed by atoms with Gasteiger partial charge < -0.3 is 20.9 Å². The fourth-order valence-corrected chi connectivity index (χ4v) is 6.27. The number of aromatic nitrogens is 1. The maximum atomic E-state index is 13.3. The summed E-state index contributed by atoms with van der Waals surface area (Å²) in [5.74, 6) is 0.173. The quantitative estimate of drug-likeness (QED) is 0.728. The molecule has 3 atom stereocenters. The Hall–Kier alpha value is -1.71. The Bertz CT molecular complexity index is 778. The van der Waals surface area contributed by atoms with Gasteiger partial charge in [-0.1, -0.05) is 0 Å². The largest absolute Gasteiger partial charge is 0.375 e. The summed E-state index contributed by atoms with van der Waals surface area (Å²) in [4.78, 5) is 37.8. The number of hydrogen-bond donors (Lipinski definition) is 2. The van der Waals surface area contributed by atoms with Crippen molar-refractivity contribution in [1.29, 1.82) is 0 Å². The van der Waals surface area contributed by atoms with Crippen molar-refractivity contribution >= 4 is 28.4 Å². The average molecular weight is 435 g/mol. The molecular weight excluding hydrogens is 400 g/mol. The lowest BCUT2D eigenvalue weighted by atomic mass is 9.75. The number of nitrogen functional groups attached to an aromatic ring is 1. The van der Waals surface area contributed by atoms with Gasteiger partial charge in [0.15, 0.2) is 5.13 Å². The van der Waals surface area contributed by atoms with Gasteiger partial charge in [0.05, 0.1) is 11.6 Å². The molecule has 0 unspecified atom stereocenters. The summed E-state index contributed by atoms with van der Waals surface area (Å²) < 4.78 is 0. The first kappa shape index (κ1) is 21.5. The lowest BCUT2D eigenvalue weighted by Crippen LogP contribution is -2.55. The molecule has 2 aliphatic heterocycles. The number of fused-ring (bicyclic) bond motifs is 2. The van der Waals surface area contributed by atoms with Crippen molar-refractivity contribution in [3.63, 3.8) is 0 Å². The number of nitrogens with zero attached hydrogens (tertiary/aromatic N) is 4. The first-order chi connectivity index (χ1) is 14.5. The molecule has 0 radical (unpaired) electrons. The van der Waals surface area contributed by atoms with E-state index in [4.69, 9.17) is 5.73 Å². The molecule has 30 heavy (non-hydrogen) atoms. The Labute approximate surface area is 182 Å². The molecule has 0 aromatic carbocycles. The van der Waals surface area contributed by atoms with Crippen molar-refractivity contribution in [3.8, 4) is 0 Å². The summed E-state index contributed by atoms with van der Waals surface area (Å²) in [5, 5.41) is 3.59. The Balaban J connectivity index is 1.35. The van der Waals surface area contributed by atoms with Crippen LogP contribution in [-0.4, -0.2) is 84.0 Å². The Kier molecular flexibility index (Phi) is 6.60. The molecule has 9 heteroatoms. The van der Waals surface area contributed by atoms with E-state index in [9.17, 15) is 9.59 Å². The van der Waals surface area contributed by atoms with Crippen molar-refractivity contribution in [2.75, 3.05) is 52.0 Å². The van der Waals surface area contributed by atoms with Crippen molar-refractivity contribution in [2.45, 2.75) is 45.1 Å². The topological polar surface area (TPSA) is 94.8 Å². The molecule has 0 bridgehead atoms. The zero-order valence-electron chi connectivity index (χ0n) is 18.1. The first-order valence-corrected chi connectivity index (χ1v) is 12.0. The van der Waals surface area contributed by atoms with Gasteiger partial charge in [-0.25, -0.2) is 9.78 Å². The van der Waals surface area contributed by atoms with Gasteiger partial charge in [-0.05, 0) is 65.1 Å². The summed E-state index contributed by atoms with van der Waals surface area (Å²) in [7, 11) is 2.10. The highest BCUT2D eigenvalue weighted by Crippen LogP contribution is 2.39. The molecule has 1 aliphatic carbocycles.